The van der Waals surface area contributed by atoms with Crippen LogP contribution in [0.5, 0.6) is 11.5 Å². The predicted molar refractivity (Wildman–Crippen MR) is 186 cm³/mol. The molecule has 0 aliphatic carbocycles. The van der Waals surface area contributed by atoms with Crippen molar-refractivity contribution in [3.05, 3.63) is 121 Å². The molecule has 1 aliphatic heterocycles. The van der Waals surface area contributed by atoms with Crippen molar-refractivity contribution in [1.82, 2.24) is 9.13 Å². The predicted octanol–water partition coefficient (Wildman–Crippen LogP) is 5.33. The van der Waals surface area contributed by atoms with E-state index in [1.807, 2.05) is 37.4 Å². The molecule has 0 fully saturated rings. The second-order valence-corrected chi connectivity index (χ2v) is 12.3. The van der Waals surface area contributed by atoms with Crippen LogP contribution < -0.4 is 29.7 Å². The zero-order chi connectivity index (χ0) is 34.7. The van der Waals surface area contributed by atoms with E-state index >= 15 is 0 Å². The summed E-state index contributed by atoms with van der Waals surface area (Å²) in [6, 6.07) is 17.5. The summed E-state index contributed by atoms with van der Waals surface area (Å²) in [7, 11) is 3.08. The van der Waals surface area contributed by atoms with Gasteiger partial charge >= 0.3 is 5.97 Å². The Hall–Kier alpha value is -5.49. The van der Waals surface area contributed by atoms with Crippen LogP contribution in [0.15, 0.2) is 94.0 Å². The number of thiazole rings is 1. The van der Waals surface area contributed by atoms with E-state index in [2.05, 4.69) is 5.32 Å². The number of hydrogen-bond donors (Lipinski definition) is 1. The van der Waals surface area contributed by atoms with Crippen molar-refractivity contribution < 1.29 is 28.2 Å². The highest BCUT2D eigenvalue weighted by Gasteiger charge is 2.36. The number of amides is 1. The van der Waals surface area contributed by atoms with Gasteiger partial charge in [-0.05, 0) is 68.0 Å². The minimum Gasteiger partial charge on any atom is -0.497 e. The number of para-hydroxylation sites is 1. The smallest absolute Gasteiger partial charge is 0.338 e. The van der Waals surface area contributed by atoms with Crippen LogP contribution in [0, 0.1) is 5.82 Å². The average Bonchev–Trinajstić information content (AvgIpc) is 3.60. The van der Waals surface area contributed by atoms with Crippen LogP contribution in [-0.4, -0.2) is 41.8 Å². The first kappa shape index (κ1) is 33.4. The van der Waals surface area contributed by atoms with Crippen LogP contribution in [-0.2, 0) is 20.9 Å². The molecule has 1 amide bonds. The molecule has 3 aromatic carbocycles. The fourth-order valence-corrected chi connectivity index (χ4v) is 7.03. The number of benzene rings is 3. The molecule has 0 spiro atoms. The minimum absolute atomic E-state index is 0.00804. The van der Waals surface area contributed by atoms with Gasteiger partial charge in [0, 0.05) is 33.9 Å². The molecule has 3 heterocycles. The summed E-state index contributed by atoms with van der Waals surface area (Å²) in [5.74, 6) is -0.230. The van der Waals surface area contributed by atoms with Crippen molar-refractivity contribution in [3.8, 4) is 11.5 Å². The molecule has 252 valence electrons. The van der Waals surface area contributed by atoms with Gasteiger partial charge in [0.05, 0.1) is 36.6 Å². The summed E-state index contributed by atoms with van der Waals surface area (Å²) in [4.78, 5) is 46.3. The van der Waals surface area contributed by atoms with Crippen molar-refractivity contribution in [3.63, 3.8) is 0 Å². The number of allylic oxidation sites excluding steroid dienone is 1. The van der Waals surface area contributed by atoms with Crippen LogP contribution in [0.4, 0.5) is 10.1 Å². The lowest BCUT2D eigenvalue weighted by atomic mass is 9.93. The Bertz CT molecular complexity index is 2270. The largest absolute Gasteiger partial charge is 0.497 e. The topological polar surface area (TPSA) is 113 Å². The maximum Gasteiger partial charge on any atom is 0.338 e. The summed E-state index contributed by atoms with van der Waals surface area (Å²) in [6.45, 7) is 3.88. The van der Waals surface area contributed by atoms with Gasteiger partial charge in [0.1, 0.15) is 29.9 Å². The molecular weight excluding hydrogens is 647 g/mol. The second kappa shape index (κ2) is 14.3. The van der Waals surface area contributed by atoms with E-state index in [4.69, 9.17) is 19.2 Å². The van der Waals surface area contributed by atoms with E-state index in [-0.39, 0.29) is 30.2 Å². The minimum atomic E-state index is -0.888. The van der Waals surface area contributed by atoms with E-state index < -0.39 is 17.8 Å². The molecule has 6 rings (SSSR count). The van der Waals surface area contributed by atoms with Crippen LogP contribution in [0.25, 0.3) is 17.0 Å². The first-order chi connectivity index (χ1) is 23.8. The van der Waals surface area contributed by atoms with Crippen molar-refractivity contribution in [2.24, 2.45) is 4.99 Å². The number of rotatable bonds is 11. The molecular formula is C37H35FN4O6S. The molecule has 1 N–H and O–H groups in total. The zero-order valence-electron chi connectivity index (χ0n) is 27.5. The molecule has 0 unspecified atom stereocenters. The number of fused-ring (bicyclic) bond motifs is 2. The number of esters is 1. The molecule has 5 aromatic rings. The van der Waals surface area contributed by atoms with E-state index in [1.165, 1.54) is 47.3 Å². The Morgan fingerprint density at radius 2 is 1.82 bits per heavy atom. The maximum absolute atomic E-state index is 14.4. The maximum atomic E-state index is 14.4. The second-order valence-electron chi connectivity index (χ2n) is 11.3. The Morgan fingerprint density at radius 3 is 2.53 bits per heavy atom. The molecule has 0 saturated carbocycles. The third-order valence-electron chi connectivity index (χ3n) is 8.17. The molecule has 10 nitrogen and oxygen atoms in total. The third-order valence-corrected chi connectivity index (χ3v) is 9.15. The highest BCUT2D eigenvalue weighted by molar-refractivity contribution is 7.07. The first-order valence-electron chi connectivity index (χ1n) is 15.8. The lowest BCUT2D eigenvalue weighted by molar-refractivity contribution is -0.139. The number of nitrogens with one attached hydrogen (secondary N) is 1. The average molecular weight is 683 g/mol. The van der Waals surface area contributed by atoms with Crippen LogP contribution in [0.1, 0.15) is 43.9 Å². The molecule has 2 aromatic heterocycles. The van der Waals surface area contributed by atoms with Gasteiger partial charge in [-0.25, -0.2) is 14.2 Å². The van der Waals surface area contributed by atoms with Gasteiger partial charge in [0.25, 0.3) is 5.56 Å². The quantitative estimate of drug-likeness (QED) is 0.189. The van der Waals surface area contributed by atoms with Gasteiger partial charge in [-0.1, -0.05) is 42.9 Å². The number of carbonyl (C=O) groups excluding carboxylic acids is 2. The summed E-state index contributed by atoms with van der Waals surface area (Å²) in [6.07, 6.45) is 4.82. The number of nitrogens with zero attached hydrogens (tertiary/aromatic N) is 3. The van der Waals surface area contributed by atoms with E-state index in [0.717, 1.165) is 16.5 Å². The van der Waals surface area contributed by atoms with E-state index in [0.29, 0.717) is 50.6 Å². The SMILES string of the molecule is CCCC1=C(C(=O)OCC)[C@@H](c2cc(OC)ccc2OC)n2c(s/c(=C\c3cn(CC(=O)Nc4ccc(F)cc4)c4ccccc34)c2=O)=N1. The summed E-state index contributed by atoms with van der Waals surface area (Å²) < 4.78 is 33.9. The standard InChI is InChI=1S/C37H35FN4O6S/c1-5-9-28-33(36(45)48-6-2)34(27-19-25(46-3)16-17-30(27)47-4)42-35(44)31(49-37(42)40-28)18-22-20-41(29-11-8-7-10-26(22)29)21-32(43)39-24-14-12-23(38)13-15-24/h7-8,10-20,34H,5-6,9,21H2,1-4H3,(H,39,43)/b31-18-/t34-/m1/s1. The summed E-state index contributed by atoms with van der Waals surface area (Å²) >= 11 is 1.22. The van der Waals surface area contributed by atoms with Crippen LogP contribution in [0.3, 0.4) is 0 Å². The Labute approximate surface area is 285 Å². The third kappa shape index (κ3) is 6.64. The molecule has 0 radical (unpaired) electrons. The number of ether oxygens (including phenoxy) is 3. The molecule has 1 aliphatic rings. The Kier molecular flexibility index (Phi) is 9.77. The summed E-state index contributed by atoms with van der Waals surface area (Å²) in [5, 5.41) is 3.64. The highest BCUT2D eigenvalue weighted by Crippen LogP contribution is 2.38. The van der Waals surface area contributed by atoms with Gasteiger partial charge in [-0.15, -0.1) is 0 Å². The molecule has 0 bridgehead atoms. The number of methoxy groups -OCH3 is 2. The number of hydrogen-bond acceptors (Lipinski definition) is 8. The van der Waals surface area contributed by atoms with Gasteiger partial charge in [-0.3, -0.25) is 14.2 Å². The number of carbonyl (C=O) groups is 2. The highest BCUT2D eigenvalue weighted by atomic mass is 32.1. The lowest BCUT2D eigenvalue weighted by Gasteiger charge is -2.27. The monoisotopic (exact) mass is 682 g/mol. The molecule has 0 saturated heterocycles. The number of halogens is 1. The lowest BCUT2D eigenvalue weighted by Crippen LogP contribution is -2.40. The van der Waals surface area contributed by atoms with Crippen molar-refractivity contribution >= 4 is 45.9 Å². The molecule has 12 heteroatoms. The van der Waals surface area contributed by atoms with Crippen molar-refractivity contribution in [2.45, 2.75) is 39.3 Å². The fraction of sp³-hybridized carbons (Fsp3) is 0.243. The number of anilines is 1. The van der Waals surface area contributed by atoms with Gasteiger partial charge < -0.3 is 24.1 Å². The van der Waals surface area contributed by atoms with Gasteiger partial charge in [-0.2, -0.15) is 0 Å². The number of aromatic nitrogens is 2. The normalized spacial score (nSPS) is 14.4. The fourth-order valence-electron chi connectivity index (χ4n) is 6.02. The van der Waals surface area contributed by atoms with E-state index in [1.54, 1.807) is 42.9 Å². The van der Waals surface area contributed by atoms with Crippen LogP contribution >= 0.6 is 11.3 Å². The molecule has 49 heavy (non-hydrogen) atoms. The van der Waals surface area contributed by atoms with Crippen molar-refractivity contribution in [1.29, 1.82) is 0 Å². The van der Waals surface area contributed by atoms with Crippen molar-refractivity contribution in [2.75, 3.05) is 26.1 Å². The molecule has 1 atom stereocenters. The Balaban J connectivity index is 1.50. The Morgan fingerprint density at radius 1 is 1.04 bits per heavy atom. The zero-order valence-corrected chi connectivity index (χ0v) is 28.3. The summed E-state index contributed by atoms with van der Waals surface area (Å²) in [5.41, 5.74) is 3.04. The first-order valence-corrected chi connectivity index (χ1v) is 16.6. The van der Waals surface area contributed by atoms with Crippen LogP contribution in [0.2, 0.25) is 0 Å². The van der Waals surface area contributed by atoms with Gasteiger partial charge in [0.15, 0.2) is 4.80 Å². The van der Waals surface area contributed by atoms with E-state index in [9.17, 15) is 18.8 Å². The van der Waals surface area contributed by atoms with Gasteiger partial charge in [0.2, 0.25) is 5.91 Å².